The third-order valence-corrected chi connectivity index (χ3v) is 5.16. The normalized spacial score (nSPS) is 10.6. The Bertz CT molecular complexity index is 1130. The Kier molecular flexibility index (Phi) is 7.09. The maximum Gasteiger partial charge on any atom is 0.286 e. The van der Waals surface area contributed by atoms with Gasteiger partial charge in [0, 0.05) is 23.9 Å². The van der Waals surface area contributed by atoms with Gasteiger partial charge >= 0.3 is 0 Å². The van der Waals surface area contributed by atoms with Gasteiger partial charge in [0.1, 0.15) is 5.56 Å². The summed E-state index contributed by atoms with van der Waals surface area (Å²) in [5.74, 6) is -0.104. The smallest absolute Gasteiger partial charge is 0.286 e. The molecule has 0 saturated carbocycles. The highest BCUT2D eigenvalue weighted by Gasteiger charge is 2.25. The molecule has 32 heavy (non-hydrogen) atoms. The third kappa shape index (κ3) is 4.88. The predicted molar refractivity (Wildman–Crippen MR) is 119 cm³/mol. The van der Waals surface area contributed by atoms with E-state index in [0.29, 0.717) is 13.2 Å². The van der Waals surface area contributed by atoms with Crippen LogP contribution in [0.25, 0.3) is 0 Å². The number of benzene rings is 2. The lowest BCUT2D eigenvalue weighted by molar-refractivity contribution is -0.385. The molecule has 0 atom stereocenters. The highest BCUT2D eigenvalue weighted by Crippen LogP contribution is 2.34. The summed E-state index contributed by atoms with van der Waals surface area (Å²) in [7, 11) is 1.39. The van der Waals surface area contributed by atoms with Crippen molar-refractivity contribution in [3.63, 3.8) is 0 Å². The van der Waals surface area contributed by atoms with Crippen LogP contribution in [0.3, 0.4) is 0 Å². The molecule has 0 aliphatic rings. The van der Waals surface area contributed by atoms with Crippen molar-refractivity contribution in [2.24, 2.45) is 0 Å². The molecule has 168 valence electrons. The van der Waals surface area contributed by atoms with E-state index in [0.717, 1.165) is 22.5 Å². The zero-order valence-electron chi connectivity index (χ0n) is 18.5. The van der Waals surface area contributed by atoms with Crippen molar-refractivity contribution in [3.8, 4) is 11.5 Å². The third-order valence-electron chi connectivity index (χ3n) is 5.16. The number of aryl methyl sites for hydroxylation is 1. The molecule has 3 rings (SSSR count). The highest BCUT2D eigenvalue weighted by molar-refractivity contribution is 5.99. The maximum absolute atomic E-state index is 12.9. The molecule has 1 amide bonds. The monoisotopic (exact) mass is 438 g/mol. The lowest BCUT2D eigenvalue weighted by Gasteiger charge is -2.12. The first-order valence-corrected chi connectivity index (χ1v) is 10.2. The largest absolute Gasteiger partial charge is 0.493 e. The molecule has 0 aliphatic carbocycles. The molecule has 1 aromatic heterocycles. The quantitative estimate of drug-likeness (QED) is 0.402. The number of ether oxygens (including phenoxy) is 2. The van der Waals surface area contributed by atoms with Gasteiger partial charge in [-0.25, -0.2) is 0 Å². The van der Waals surface area contributed by atoms with E-state index in [4.69, 9.17) is 9.47 Å². The number of nitro groups is 1. The van der Waals surface area contributed by atoms with Crippen LogP contribution in [0.5, 0.6) is 11.5 Å². The van der Waals surface area contributed by atoms with Crippen LogP contribution in [0.1, 0.15) is 39.8 Å². The van der Waals surface area contributed by atoms with Gasteiger partial charge in [-0.15, -0.1) is 0 Å². The fourth-order valence-corrected chi connectivity index (χ4v) is 3.47. The average Bonchev–Trinajstić information content (AvgIpc) is 3.04. The van der Waals surface area contributed by atoms with Crippen molar-refractivity contribution in [3.05, 3.63) is 80.7 Å². The zero-order chi connectivity index (χ0) is 23.3. The standard InChI is InChI=1S/C23H26N4O5/c1-5-32-22-11-18(20(27(29)30)12-21(22)31-4)23(28)24-13-19-15(2)25-26(16(19)3)14-17-9-7-6-8-10-17/h6-12H,5,13-14H2,1-4H3,(H,24,28). The highest BCUT2D eigenvalue weighted by atomic mass is 16.6. The minimum absolute atomic E-state index is 0.0915. The number of rotatable bonds is 9. The van der Waals surface area contributed by atoms with Crippen molar-refractivity contribution in [2.45, 2.75) is 33.9 Å². The fraction of sp³-hybridized carbons (Fsp3) is 0.304. The number of carbonyl (C=O) groups excluding carboxylic acids is 1. The number of hydrogen-bond donors (Lipinski definition) is 1. The summed E-state index contributed by atoms with van der Waals surface area (Å²) in [6, 6.07) is 12.5. The minimum atomic E-state index is -0.610. The topological polar surface area (TPSA) is 109 Å². The Morgan fingerprint density at radius 3 is 2.53 bits per heavy atom. The first kappa shape index (κ1) is 22.8. The van der Waals surface area contributed by atoms with Crippen LogP contribution in [-0.4, -0.2) is 34.3 Å². The van der Waals surface area contributed by atoms with E-state index in [1.807, 2.05) is 48.9 Å². The minimum Gasteiger partial charge on any atom is -0.493 e. The van der Waals surface area contributed by atoms with E-state index in [1.54, 1.807) is 6.92 Å². The summed E-state index contributed by atoms with van der Waals surface area (Å²) in [5.41, 5.74) is 3.26. The molecule has 0 fully saturated rings. The lowest BCUT2D eigenvalue weighted by atomic mass is 10.1. The van der Waals surface area contributed by atoms with Crippen molar-refractivity contribution in [1.29, 1.82) is 0 Å². The number of carbonyl (C=O) groups is 1. The van der Waals surface area contributed by atoms with Crippen LogP contribution in [0.15, 0.2) is 42.5 Å². The molecule has 1 heterocycles. The van der Waals surface area contributed by atoms with Gasteiger partial charge in [0.15, 0.2) is 11.5 Å². The van der Waals surface area contributed by atoms with E-state index in [2.05, 4.69) is 10.4 Å². The molecule has 0 radical (unpaired) electrons. The van der Waals surface area contributed by atoms with Crippen LogP contribution >= 0.6 is 0 Å². The predicted octanol–water partition coefficient (Wildman–Crippen LogP) is 3.79. The Labute approximate surface area is 186 Å². The first-order valence-electron chi connectivity index (χ1n) is 10.2. The number of methoxy groups -OCH3 is 1. The lowest BCUT2D eigenvalue weighted by Crippen LogP contribution is -2.24. The molecular weight excluding hydrogens is 412 g/mol. The van der Waals surface area contributed by atoms with Crippen LogP contribution < -0.4 is 14.8 Å². The fourth-order valence-electron chi connectivity index (χ4n) is 3.47. The van der Waals surface area contributed by atoms with Crippen LogP contribution in [0, 0.1) is 24.0 Å². The molecule has 9 heteroatoms. The van der Waals surface area contributed by atoms with Gasteiger partial charge in [0.05, 0.1) is 36.9 Å². The summed E-state index contributed by atoms with van der Waals surface area (Å²) in [6.07, 6.45) is 0. The van der Waals surface area contributed by atoms with E-state index >= 15 is 0 Å². The summed E-state index contributed by atoms with van der Waals surface area (Å²) < 4.78 is 12.5. The second-order valence-corrected chi connectivity index (χ2v) is 7.19. The first-order chi connectivity index (χ1) is 15.3. The number of nitrogens with zero attached hydrogens (tertiary/aromatic N) is 3. The van der Waals surface area contributed by atoms with Crippen LogP contribution in [0.2, 0.25) is 0 Å². The number of nitrogens with one attached hydrogen (secondary N) is 1. The molecule has 2 aromatic carbocycles. The van der Waals surface area contributed by atoms with Crippen molar-refractivity contribution < 1.29 is 19.2 Å². The molecule has 1 N–H and O–H groups in total. The Hall–Kier alpha value is -3.88. The summed E-state index contributed by atoms with van der Waals surface area (Å²) in [5, 5.41) is 18.9. The van der Waals surface area contributed by atoms with E-state index < -0.39 is 10.8 Å². The molecule has 3 aromatic rings. The molecule has 0 aliphatic heterocycles. The van der Waals surface area contributed by atoms with Crippen molar-refractivity contribution in [2.75, 3.05) is 13.7 Å². The molecule has 0 saturated heterocycles. The summed E-state index contributed by atoms with van der Waals surface area (Å²) in [4.78, 5) is 23.8. The summed E-state index contributed by atoms with van der Waals surface area (Å²) in [6.45, 7) is 6.72. The molecule has 0 spiro atoms. The van der Waals surface area contributed by atoms with Gasteiger partial charge in [-0.05, 0) is 26.3 Å². The maximum atomic E-state index is 12.9. The van der Waals surface area contributed by atoms with Crippen LogP contribution in [-0.2, 0) is 13.1 Å². The van der Waals surface area contributed by atoms with Gasteiger partial charge in [0.25, 0.3) is 11.6 Å². The Balaban J connectivity index is 1.83. The van der Waals surface area contributed by atoms with Gasteiger partial charge < -0.3 is 14.8 Å². The van der Waals surface area contributed by atoms with Gasteiger partial charge in [-0.3, -0.25) is 19.6 Å². The Morgan fingerprint density at radius 2 is 1.91 bits per heavy atom. The second-order valence-electron chi connectivity index (χ2n) is 7.19. The molecule has 0 bridgehead atoms. The second kappa shape index (κ2) is 9.95. The summed E-state index contributed by atoms with van der Waals surface area (Å²) >= 11 is 0. The Morgan fingerprint density at radius 1 is 1.19 bits per heavy atom. The number of hydrogen-bond acceptors (Lipinski definition) is 6. The number of aromatic nitrogens is 2. The number of nitro benzene ring substituents is 1. The van der Waals surface area contributed by atoms with E-state index in [1.165, 1.54) is 19.2 Å². The van der Waals surface area contributed by atoms with Crippen LogP contribution in [0.4, 0.5) is 5.69 Å². The molecular formula is C23H26N4O5. The van der Waals surface area contributed by atoms with Crippen molar-refractivity contribution in [1.82, 2.24) is 15.1 Å². The van der Waals surface area contributed by atoms with Gasteiger partial charge in [-0.2, -0.15) is 5.10 Å². The molecule has 9 nitrogen and oxygen atoms in total. The molecule has 0 unspecified atom stereocenters. The van der Waals surface area contributed by atoms with Gasteiger partial charge in [0.2, 0.25) is 0 Å². The van der Waals surface area contributed by atoms with E-state index in [-0.39, 0.29) is 29.3 Å². The average molecular weight is 438 g/mol. The van der Waals surface area contributed by atoms with E-state index in [9.17, 15) is 14.9 Å². The van der Waals surface area contributed by atoms with Crippen molar-refractivity contribution >= 4 is 11.6 Å². The number of amides is 1. The SMILES string of the molecule is CCOc1cc(C(=O)NCc2c(C)nn(Cc3ccccc3)c2C)c([N+](=O)[O-])cc1OC. The van der Waals surface area contributed by atoms with Gasteiger partial charge in [-0.1, -0.05) is 30.3 Å². The zero-order valence-corrected chi connectivity index (χ0v) is 18.5.